The first-order valence-corrected chi connectivity index (χ1v) is 15.3. The topological polar surface area (TPSA) is 0 Å². The standard InChI is InChI=1S/C41H29Br/c1-41(2)37-23-29(26-17-20-30(42)21-18-26)19-22-31(37)34-24-35-36(25-38(34)41)40(28-13-7-4-8-14-28)33-16-10-9-15-32(33)39(35)27-11-5-3-6-12-27/h3-25H,1-2H3. The van der Waals surface area contributed by atoms with Crippen molar-refractivity contribution in [2.75, 3.05) is 0 Å². The van der Waals surface area contributed by atoms with Crippen molar-refractivity contribution in [1.29, 1.82) is 0 Å². The molecule has 0 radical (unpaired) electrons. The largest absolute Gasteiger partial charge is 0.0622 e. The van der Waals surface area contributed by atoms with Gasteiger partial charge in [-0.3, -0.25) is 0 Å². The fraction of sp³-hybridized carbons (Fsp3) is 0.0732. The maximum absolute atomic E-state index is 3.59. The van der Waals surface area contributed by atoms with Crippen LogP contribution < -0.4 is 0 Å². The molecule has 0 unspecified atom stereocenters. The van der Waals surface area contributed by atoms with Gasteiger partial charge in [-0.1, -0.05) is 139 Å². The molecule has 0 aromatic heterocycles. The summed E-state index contributed by atoms with van der Waals surface area (Å²) < 4.78 is 1.10. The third-order valence-corrected chi connectivity index (χ3v) is 9.65. The highest BCUT2D eigenvalue weighted by Crippen LogP contribution is 2.53. The molecule has 0 heterocycles. The molecule has 8 rings (SSSR count). The Balaban J connectivity index is 1.48. The van der Waals surface area contributed by atoms with Gasteiger partial charge < -0.3 is 0 Å². The average Bonchev–Trinajstić information content (AvgIpc) is 3.25. The molecule has 0 amide bonds. The van der Waals surface area contributed by atoms with E-state index < -0.39 is 0 Å². The van der Waals surface area contributed by atoms with Crippen LogP contribution in [-0.2, 0) is 5.41 Å². The monoisotopic (exact) mass is 600 g/mol. The maximum atomic E-state index is 3.59. The minimum Gasteiger partial charge on any atom is -0.0622 e. The van der Waals surface area contributed by atoms with E-state index in [1.54, 1.807) is 0 Å². The zero-order valence-corrected chi connectivity index (χ0v) is 25.2. The quantitative estimate of drug-likeness (QED) is 0.177. The Hall–Kier alpha value is -4.46. The minimum absolute atomic E-state index is 0.128. The van der Waals surface area contributed by atoms with Crippen LogP contribution in [0.1, 0.15) is 25.0 Å². The van der Waals surface area contributed by atoms with Crippen molar-refractivity contribution < 1.29 is 0 Å². The summed E-state index contributed by atoms with van der Waals surface area (Å²) in [7, 11) is 0. The van der Waals surface area contributed by atoms with Crippen LogP contribution in [0.2, 0.25) is 0 Å². The molecular weight excluding hydrogens is 572 g/mol. The molecule has 0 aliphatic heterocycles. The molecule has 1 aliphatic rings. The zero-order chi connectivity index (χ0) is 28.4. The summed E-state index contributed by atoms with van der Waals surface area (Å²) in [5.41, 5.74) is 13.0. The van der Waals surface area contributed by atoms with Crippen LogP contribution in [0.25, 0.3) is 66.1 Å². The second-order valence-corrected chi connectivity index (χ2v) is 12.8. The molecule has 0 bridgehead atoms. The molecule has 0 fully saturated rings. The highest BCUT2D eigenvalue weighted by atomic mass is 79.9. The Morgan fingerprint density at radius 1 is 0.405 bits per heavy atom. The predicted octanol–water partition coefficient (Wildman–Crippen LogP) is 12.1. The van der Waals surface area contributed by atoms with Gasteiger partial charge in [0.15, 0.2) is 0 Å². The van der Waals surface area contributed by atoms with Crippen LogP contribution in [0.4, 0.5) is 0 Å². The molecule has 0 spiro atoms. The van der Waals surface area contributed by atoms with Crippen molar-refractivity contribution >= 4 is 37.5 Å². The predicted molar refractivity (Wildman–Crippen MR) is 183 cm³/mol. The van der Waals surface area contributed by atoms with Gasteiger partial charge in [-0.2, -0.15) is 0 Å². The number of halogens is 1. The van der Waals surface area contributed by atoms with E-state index in [-0.39, 0.29) is 5.41 Å². The Kier molecular flexibility index (Phi) is 5.74. The molecule has 0 atom stereocenters. The first kappa shape index (κ1) is 25.3. The fourth-order valence-electron chi connectivity index (χ4n) is 7.06. The summed E-state index contributed by atoms with van der Waals surface area (Å²) >= 11 is 3.59. The summed E-state index contributed by atoms with van der Waals surface area (Å²) in [5.74, 6) is 0. The number of rotatable bonds is 3. The third-order valence-electron chi connectivity index (χ3n) is 9.12. The van der Waals surface area contributed by atoms with Gasteiger partial charge >= 0.3 is 0 Å². The van der Waals surface area contributed by atoms with Gasteiger partial charge in [0.1, 0.15) is 0 Å². The van der Waals surface area contributed by atoms with Crippen LogP contribution in [0, 0.1) is 0 Å². The molecule has 0 nitrogen and oxygen atoms in total. The minimum atomic E-state index is -0.128. The molecule has 1 aliphatic carbocycles. The Labute approximate surface area is 255 Å². The lowest BCUT2D eigenvalue weighted by Gasteiger charge is -2.24. The molecule has 0 N–H and O–H groups in total. The number of fused-ring (bicyclic) bond motifs is 5. The van der Waals surface area contributed by atoms with Gasteiger partial charge in [-0.15, -0.1) is 0 Å². The van der Waals surface area contributed by atoms with E-state index >= 15 is 0 Å². The van der Waals surface area contributed by atoms with E-state index in [1.165, 1.54) is 77.2 Å². The highest BCUT2D eigenvalue weighted by molar-refractivity contribution is 9.10. The van der Waals surface area contributed by atoms with Crippen molar-refractivity contribution in [2.24, 2.45) is 0 Å². The number of benzene rings is 7. The van der Waals surface area contributed by atoms with E-state index in [2.05, 4.69) is 169 Å². The number of hydrogen-bond donors (Lipinski definition) is 0. The molecule has 0 saturated carbocycles. The first-order valence-electron chi connectivity index (χ1n) is 14.6. The van der Waals surface area contributed by atoms with Gasteiger partial charge in [0.2, 0.25) is 0 Å². The van der Waals surface area contributed by atoms with Crippen molar-refractivity contribution in [3.63, 3.8) is 0 Å². The van der Waals surface area contributed by atoms with Crippen molar-refractivity contribution in [3.8, 4) is 44.5 Å². The van der Waals surface area contributed by atoms with Crippen LogP contribution >= 0.6 is 15.9 Å². The molecule has 0 saturated heterocycles. The van der Waals surface area contributed by atoms with Gasteiger partial charge in [-0.25, -0.2) is 0 Å². The second-order valence-electron chi connectivity index (χ2n) is 11.9. The van der Waals surface area contributed by atoms with Crippen molar-refractivity contribution in [2.45, 2.75) is 19.3 Å². The smallest absolute Gasteiger partial charge is 0.0175 e. The summed E-state index contributed by atoms with van der Waals surface area (Å²) in [6, 6.07) is 51.4. The second kappa shape index (κ2) is 9.54. The normalized spacial score (nSPS) is 13.3. The molecular formula is C41H29Br. The van der Waals surface area contributed by atoms with Crippen LogP contribution in [0.5, 0.6) is 0 Å². The fourth-order valence-corrected chi connectivity index (χ4v) is 7.32. The molecule has 42 heavy (non-hydrogen) atoms. The van der Waals surface area contributed by atoms with Gasteiger partial charge in [-0.05, 0) is 108 Å². The molecule has 7 aromatic rings. The summed E-state index contributed by atoms with van der Waals surface area (Å²) in [6.07, 6.45) is 0. The van der Waals surface area contributed by atoms with Crippen molar-refractivity contribution in [1.82, 2.24) is 0 Å². The van der Waals surface area contributed by atoms with Gasteiger partial charge in [0, 0.05) is 9.89 Å². The first-order chi connectivity index (χ1) is 20.5. The Morgan fingerprint density at radius 3 is 1.50 bits per heavy atom. The number of hydrogen-bond acceptors (Lipinski definition) is 0. The van der Waals surface area contributed by atoms with Gasteiger partial charge in [0.25, 0.3) is 0 Å². The van der Waals surface area contributed by atoms with E-state index in [1.807, 2.05) is 0 Å². The maximum Gasteiger partial charge on any atom is 0.0175 e. The molecule has 1 heteroatoms. The lowest BCUT2D eigenvalue weighted by molar-refractivity contribution is 0.661. The SMILES string of the molecule is CC1(C)c2cc(-c3ccc(Br)cc3)ccc2-c2cc3c(-c4ccccc4)c4ccccc4c(-c4ccccc4)c3cc21. The lowest BCUT2D eigenvalue weighted by atomic mass is 9.79. The Morgan fingerprint density at radius 2 is 0.905 bits per heavy atom. The summed E-state index contributed by atoms with van der Waals surface area (Å²) in [4.78, 5) is 0. The molecule has 7 aromatic carbocycles. The van der Waals surface area contributed by atoms with E-state index in [4.69, 9.17) is 0 Å². The lowest BCUT2D eigenvalue weighted by Crippen LogP contribution is -2.15. The molecule has 200 valence electrons. The van der Waals surface area contributed by atoms with Gasteiger partial charge in [0.05, 0.1) is 0 Å². The van der Waals surface area contributed by atoms with E-state index in [0.29, 0.717) is 0 Å². The van der Waals surface area contributed by atoms with Crippen LogP contribution in [0.15, 0.2) is 144 Å². The van der Waals surface area contributed by atoms with Crippen LogP contribution in [0.3, 0.4) is 0 Å². The van der Waals surface area contributed by atoms with Crippen LogP contribution in [-0.4, -0.2) is 0 Å². The average molecular weight is 602 g/mol. The zero-order valence-electron chi connectivity index (χ0n) is 23.7. The van der Waals surface area contributed by atoms with E-state index in [9.17, 15) is 0 Å². The highest BCUT2D eigenvalue weighted by Gasteiger charge is 2.36. The summed E-state index contributed by atoms with van der Waals surface area (Å²) in [5, 5.41) is 5.20. The summed E-state index contributed by atoms with van der Waals surface area (Å²) in [6.45, 7) is 4.77. The van der Waals surface area contributed by atoms with Crippen molar-refractivity contribution in [3.05, 3.63) is 155 Å². The third kappa shape index (κ3) is 3.81. The Bertz CT molecular complexity index is 2140. The van der Waals surface area contributed by atoms with E-state index in [0.717, 1.165) is 4.47 Å².